The first kappa shape index (κ1) is 15.4. The van der Waals surface area contributed by atoms with Crippen LogP contribution in [0.1, 0.15) is 16.7 Å². The maximum atomic E-state index is 12.3. The number of aryl methyl sites for hydroxylation is 2. The van der Waals surface area contributed by atoms with Crippen molar-refractivity contribution in [2.45, 2.75) is 18.7 Å². The van der Waals surface area contributed by atoms with Crippen molar-refractivity contribution in [3.05, 3.63) is 58.1 Å². The van der Waals surface area contributed by atoms with E-state index in [1.54, 1.807) is 12.1 Å². The van der Waals surface area contributed by atoms with Crippen molar-refractivity contribution in [3.8, 4) is 6.07 Å². The Bertz CT molecular complexity index is 839. The van der Waals surface area contributed by atoms with Crippen LogP contribution < -0.4 is 4.72 Å². The highest BCUT2D eigenvalue weighted by molar-refractivity contribution is 7.92. The molecule has 0 spiro atoms. The molecule has 0 amide bonds. The fourth-order valence-electron chi connectivity index (χ4n) is 1.80. The number of anilines is 1. The molecule has 0 heterocycles. The molecule has 0 unspecified atom stereocenters. The van der Waals surface area contributed by atoms with Gasteiger partial charge in [0.15, 0.2) is 0 Å². The van der Waals surface area contributed by atoms with Gasteiger partial charge in [-0.2, -0.15) is 5.26 Å². The molecular weight excluding hydrogens is 308 g/mol. The minimum atomic E-state index is -3.79. The second-order valence-corrected chi connectivity index (χ2v) is 6.72. The van der Waals surface area contributed by atoms with Gasteiger partial charge < -0.3 is 0 Å². The second-order valence-electron chi connectivity index (χ2n) is 4.66. The van der Waals surface area contributed by atoms with E-state index in [0.717, 1.165) is 11.1 Å². The van der Waals surface area contributed by atoms with E-state index in [1.165, 1.54) is 18.2 Å². The third-order valence-corrected chi connectivity index (χ3v) is 4.97. The molecule has 0 aromatic heterocycles. The number of benzene rings is 2. The van der Waals surface area contributed by atoms with Crippen LogP contribution in [0, 0.1) is 25.2 Å². The maximum Gasteiger partial charge on any atom is 0.263 e. The van der Waals surface area contributed by atoms with Gasteiger partial charge in [-0.15, -0.1) is 0 Å². The number of rotatable bonds is 3. The van der Waals surface area contributed by atoms with E-state index in [0.29, 0.717) is 11.3 Å². The minimum absolute atomic E-state index is 0.0189. The summed E-state index contributed by atoms with van der Waals surface area (Å²) in [7, 11) is -3.79. The van der Waals surface area contributed by atoms with Gasteiger partial charge in [-0.05, 0) is 55.3 Å². The van der Waals surface area contributed by atoms with Gasteiger partial charge in [0.25, 0.3) is 10.0 Å². The van der Waals surface area contributed by atoms with Crippen LogP contribution >= 0.6 is 11.6 Å². The number of nitriles is 1. The van der Waals surface area contributed by atoms with E-state index in [4.69, 9.17) is 16.9 Å². The van der Waals surface area contributed by atoms with Crippen LogP contribution in [0.5, 0.6) is 0 Å². The molecule has 0 radical (unpaired) electrons. The third-order valence-electron chi connectivity index (χ3n) is 3.11. The van der Waals surface area contributed by atoms with Crippen LogP contribution in [0.4, 0.5) is 5.69 Å². The first-order valence-corrected chi connectivity index (χ1v) is 7.99. The number of sulfonamides is 1. The average Bonchev–Trinajstić information content (AvgIpc) is 2.42. The standard InChI is InChI=1S/C15H13ClN2O2S/c1-10-3-5-13(7-11(10)2)18-21(19,20)15-6-4-12(9-17)8-14(15)16/h3-8,18H,1-2H3. The minimum Gasteiger partial charge on any atom is -0.280 e. The Morgan fingerprint density at radius 1 is 1.10 bits per heavy atom. The molecule has 1 N–H and O–H groups in total. The van der Waals surface area contributed by atoms with E-state index in [1.807, 2.05) is 26.0 Å². The van der Waals surface area contributed by atoms with Gasteiger partial charge in [-0.25, -0.2) is 8.42 Å². The van der Waals surface area contributed by atoms with Crippen LogP contribution in [0.3, 0.4) is 0 Å². The van der Waals surface area contributed by atoms with Crippen molar-refractivity contribution in [3.63, 3.8) is 0 Å². The zero-order chi connectivity index (χ0) is 15.6. The summed E-state index contributed by atoms with van der Waals surface area (Å²) >= 11 is 5.95. The smallest absolute Gasteiger partial charge is 0.263 e. The SMILES string of the molecule is Cc1ccc(NS(=O)(=O)c2ccc(C#N)cc2Cl)cc1C. The Morgan fingerprint density at radius 2 is 1.81 bits per heavy atom. The molecule has 2 rings (SSSR count). The molecule has 0 aliphatic rings. The molecule has 21 heavy (non-hydrogen) atoms. The van der Waals surface area contributed by atoms with E-state index in [9.17, 15) is 8.42 Å². The molecule has 0 aliphatic carbocycles. The fraction of sp³-hybridized carbons (Fsp3) is 0.133. The Labute approximate surface area is 129 Å². The first-order chi connectivity index (χ1) is 9.83. The molecule has 0 atom stereocenters. The summed E-state index contributed by atoms with van der Waals surface area (Å²) in [5, 5.41) is 8.79. The zero-order valence-corrected chi connectivity index (χ0v) is 13.1. The van der Waals surface area contributed by atoms with Crippen molar-refractivity contribution in [1.29, 1.82) is 5.26 Å². The monoisotopic (exact) mass is 320 g/mol. The van der Waals surface area contributed by atoms with Crippen molar-refractivity contribution in [2.75, 3.05) is 4.72 Å². The lowest BCUT2D eigenvalue weighted by Crippen LogP contribution is -2.13. The lowest BCUT2D eigenvalue weighted by molar-refractivity contribution is 0.601. The number of hydrogen-bond donors (Lipinski definition) is 1. The third kappa shape index (κ3) is 3.35. The predicted molar refractivity (Wildman–Crippen MR) is 82.9 cm³/mol. The van der Waals surface area contributed by atoms with Gasteiger partial charge in [-0.1, -0.05) is 17.7 Å². The lowest BCUT2D eigenvalue weighted by Gasteiger charge is -2.11. The molecule has 6 heteroatoms. The average molecular weight is 321 g/mol. The highest BCUT2D eigenvalue weighted by Crippen LogP contribution is 2.25. The van der Waals surface area contributed by atoms with Crippen molar-refractivity contribution in [1.82, 2.24) is 0 Å². The van der Waals surface area contributed by atoms with Crippen LogP contribution in [-0.4, -0.2) is 8.42 Å². The summed E-state index contributed by atoms with van der Waals surface area (Å²) in [4.78, 5) is -0.0543. The number of hydrogen-bond acceptors (Lipinski definition) is 3. The van der Waals surface area contributed by atoms with Crippen LogP contribution in [-0.2, 0) is 10.0 Å². The Morgan fingerprint density at radius 3 is 2.38 bits per heavy atom. The molecular formula is C15H13ClN2O2S. The molecule has 0 saturated carbocycles. The normalized spacial score (nSPS) is 11.0. The van der Waals surface area contributed by atoms with Gasteiger partial charge in [0, 0.05) is 5.69 Å². The Balaban J connectivity index is 2.38. The fourth-order valence-corrected chi connectivity index (χ4v) is 3.40. The van der Waals surface area contributed by atoms with E-state index in [2.05, 4.69) is 4.72 Å². The summed E-state index contributed by atoms with van der Waals surface area (Å²) in [5.74, 6) is 0. The van der Waals surface area contributed by atoms with Crippen LogP contribution in [0.2, 0.25) is 5.02 Å². The van der Waals surface area contributed by atoms with Crippen molar-refractivity contribution in [2.24, 2.45) is 0 Å². The molecule has 0 saturated heterocycles. The van der Waals surface area contributed by atoms with E-state index in [-0.39, 0.29) is 9.92 Å². The van der Waals surface area contributed by atoms with E-state index < -0.39 is 10.0 Å². The van der Waals surface area contributed by atoms with Gasteiger partial charge in [0.05, 0.1) is 16.7 Å². The van der Waals surface area contributed by atoms with Gasteiger partial charge in [-0.3, -0.25) is 4.72 Å². The lowest BCUT2D eigenvalue weighted by atomic mass is 10.1. The predicted octanol–water partition coefficient (Wildman–Crippen LogP) is 3.63. The van der Waals surface area contributed by atoms with Gasteiger partial charge >= 0.3 is 0 Å². The summed E-state index contributed by atoms with van der Waals surface area (Å²) in [6.07, 6.45) is 0. The molecule has 108 valence electrons. The molecule has 0 aliphatic heterocycles. The Hall–Kier alpha value is -2.03. The quantitative estimate of drug-likeness (QED) is 0.938. The summed E-state index contributed by atoms with van der Waals surface area (Å²) in [6, 6.07) is 11.3. The molecule has 0 fully saturated rings. The first-order valence-electron chi connectivity index (χ1n) is 6.13. The Kier molecular flexibility index (Phi) is 4.21. The molecule has 2 aromatic carbocycles. The molecule has 2 aromatic rings. The topological polar surface area (TPSA) is 70.0 Å². The summed E-state index contributed by atoms with van der Waals surface area (Å²) in [5.41, 5.74) is 2.85. The van der Waals surface area contributed by atoms with Gasteiger partial charge in [0.2, 0.25) is 0 Å². The van der Waals surface area contributed by atoms with Crippen LogP contribution in [0.25, 0.3) is 0 Å². The van der Waals surface area contributed by atoms with Crippen molar-refractivity contribution < 1.29 is 8.42 Å². The molecule has 4 nitrogen and oxygen atoms in total. The molecule has 0 bridgehead atoms. The summed E-state index contributed by atoms with van der Waals surface area (Å²) < 4.78 is 27.2. The highest BCUT2D eigenvalue weighted by atomic mass is 35.5. The largest absolute Gasteiger partial charge is 0.280 e. The van der Waals surface area contributed by atoms with Gasteiger partial charge in [0.1, 0.15) is 4.90 Å². The maximum absolute atomic E-state index is 12.3. The zero-order valence-electron chi connectivity index (χ0n) is 11.5. The van der Waals surface area contributed by atoms with Crippen LogP contribution in [0.15, 0.2) is 41.3 Å². The number of nitrogens with zero attached hydrogens (tertiary/aromatic N) is 1. The number of halogens is 1. The van der Waals surface area contributed by atoms with Crippen molar-refractivity contribution >= 4 is 27.3 Å². The highest BCUT2D eigenvalue weighted by Gasteiger charge is 2.18. The summed E-state index contributed by atoms with van der Waals surface area (Å²) in [6.45, 7) is 3.85. The van der Waals surface area contributed by atoms with E-state index >= 15 is 0 Å². The second kappa shape index (κ2) is 5.76. The number of nitrogens with one attached hydrogen (secondary N) is 1.